The van der Waals surface area contributed by atoms with Crippen molar-refractivity contribution in [3.05, 3.63) is 24.0 Å². The van der Waals surface area contributed by atoms with Crippen molar-refractivity contribution in [2.75, 3.05) is 7.05 Å². The molecule has 0 spiro atoms. The van der Waals surface area contributed by atoms with Crippen LogP contribution in [0.25, 0.3) is 0 Å². The lowest BCUT2D eigenvalue weighted by molar-refractivity contribution is 0.0669. The van der Waals surface area contributed by atoms with Gasteiger partial charge in [-0.15, -0.1) is 0 Å². The number of rotatable bonds is 3. The molecule has 0 aliphatic carbocycles. The molecule has 0 radical (unpaired) electrons. The molecular formula is C16H25N3O. The van der Waals surface area contributed by atoms with Gasteiger partial charge < -0.3 is 14.8 Å². The fourth-order valence-electron chi connectivity index (χ4n) is 3.72. The minimum Gasteiger partial charge on any atom is -0.341 e. The van der Waals surface area contributed by atoms with E-state index in [9.17, 15) is 4.79 Å². The quantitative estimate of drug-likeness (QED) is 0.920. The van der Waals surface area contributed by atoms with Crippen LogP contribution in [0.1, 0.15) is 56.1 Å². The summed E-state index contributed by atoms with van der Waals surface area (Å²) in [7, 11) is 1.97. The first kappa shape index (κ1) is 13.7. The average molecular weight is 275 g/mol. The number of hydrogen-bond donors (Lipinski definition) is 1. The molecule has 3 rings (SSSR count). The van der Waals surface area contributed by atoms with E-state index in [1.165, 1.54) is 12.8 Å². The van der Waals surface area contributed by atoms with E-state index in [0.717, 1.165) is 18.5 Å². The standard InChI is InChI=1S/C16H25N3O/c1-11(2)19-8-4-5-15(19)16(20)18(3)14-9-12-6-7-13(10-14)17-12/h4-5,8,11-14,17H,6-7,9-10H2,1-3H3. The number of carbonyl (C=O) groups is 1. The van der Waals surface area contributed by atoms with Gasteiger partial charge in [0.2, 0.25) is 0 Å². The number of fused-ring (bicyclic) bond motifs is 2. The summed E-state index contributed by atoms with van der Waals surface area (Å²) in [4.78, 5) is 14.7. The first-order chi connectivity index (χ1) is 9.56. The molecule has 4 heteroatoms. The van der Waals surface area contributed by atoms with Gasteiger partial charge in [-0.25, -0.2) is 0 Å². The van der Waals surface area contributed by atoms with Gasteiger partial charge in [0.05, 0.1) is 0 Å². The molecule has 2 atom stereocenters. The van der Waals surface area contributed by atoms with Crippen LogP contribution in [-0.2, 0) is 0 Å². The van der Waals surface area contributed by atoms with Crippen molar-refractivity contribution in [1.82, 2.24) is 14.8 Å². The molecule has 20 heavy (non-hydrogen) atoms. The van der Waals surface area contributed by atoms with E-state index in [2.05, 4.69) is 23.7 Å². The molecule has 0 saturated carbocycles. The lowest BCUT2D eigenvalue weighted by atomic mass is 9.98. The van der Waals surface area contributed by atoms with E-state index in [-0.39, 0.29) is 5.91 Å². The van der Waals surface area contributed by atoms with E-state index in [4.69, 9.17) is 0 Å². The molecule has 1 aromatic rings. The second-order valence-electron chi connectivity index (χ2n) is 6.57. The number of nitrogens with zero attached hydrogens (tertiary/aromatic N) is 2. The summed E-state index contributed by atoms with van der Waals surface area (Å²) in [6.45, 7) is 4.23. The summed E-state index contributed by atoms with van der Waals surface area (Å²) < 4.78 is 2.06. The Morgan fingerprint density at radius 1 is 1.35 bits per heavy atom. The van der Waals surface area contributed by atoms with E-state index >= 15 is 0 Å². The number of aromatic nitrogens is 1. The van der Waals surface area contributed by atoms with Crippen molar-refractivity contribution >= 4 is 5.91 Å². The molecule has 3 heterocycles. The largest absolute Gasteiger partial charge is 0.341 e. The summed E-state index contributed by atoms with van der Waals surface area (Å²) in [6.07, 6.45) is 6.73. The van der Waals surface area contributed by atoms with Crippen LogP contribution in [-0.4, -0.2) is 40.5 Å². The van der Waals surface area contributed by atoms with Gasteiger partial charge >= 0.3 is 0 Å². The Bertz CT molecular complexity index is 482. The van der Waals surface area contributed by atoms with Crippen molar-refractivity contribution in [3.63, 3.8) is 0 Å². The van der Waals surface area contributed by atoms with Gasteiger partial charge in [-0.05, 0) is 51.7 Å². The zero-order chi connectivity index (χ0) is 14.3. The monoisotopic (exact) mass is 275 g/mol. The van der Waals surface area contributed by atoms with Crippen molar-refractivity contribution < 1.29 is 4.79 Å². The summed E-state index contributed by atoms with van der Waals surface area (Å²) in [5.74, 6) is 0.162. The Morgan fingerprint density at radius 2 is 2.00 bits per heavy atom. The molecule has 2 unspecified atom stereocenters. The molecule has 2 aliphatic heterocycles. The Labute approximate surface area is 121 Å². The highest BCUT2D eigenvalue weighted by Gasteiger charge is 2.36. The van der Waals surface area contributed by atoms with Gasteiger partial charge in [0.15, 0.2) is 0 Å². The van der Waals surface area contributed by atoms with Crippen LogP contribution in [0.3, 0.4) is 0 Å². The van der Waals surface area contributed by atoms with Crippen LogP contribution < -0.4 is 5.32 Å². The number of piperidine rings is 1. The molecule has 1 amide bonds. The fourth-order valence-corrected chi connectivity index (χ4v) is 3.72. The van der Waals surface area contributed by atoms with Gasteiger partial charge in [-0.3, -0.25) is 4.79 Å². The van der Waals surface area contributed by atoms with E-state index in [1.54, 1.807) is 0 Å². The molecule has 2 bridgehead atoms. The number of amides is 1. The summed E-state index contributed by atoms with van der Waals surface area (Å²) in [5, 5.41) is 3.64. The first-order valence-electron chi connectivity index (χ1n) is 7.76. The Hall–Kier alpha value is -1.29. The van der Waals surface area contributed by atoms with Crippen molar-refractivity contribution in [3.8, 4) is 0 Å². The highest BCUT2D eigenvalue weighted by molar-refractivity contribution is 5.92. The molecule has 110 valence electrons. The van der Waals surface area contributed by atoms with E-state index in [1.807, 2.05) is 30.3 Å². The first-order valence-corrected chi connectivity index (χ1v) is 7.76. The molecular weight excluding hydrogens is 250 g/mol. The minimum absolute atomic E-state index is 0.162. The Balaban J connectivity index is 1.75. The van der Waals surface area contributed by atoms with Gasteiger partial charge in [-0.2, -0.15) is 0 Å². The van der Waals surface area contributed by atoms with Crippen molar-refractivity contribution in [1.29, 1.82) is 0 Å². The molecule has 0 aromatic carbocycles. The highest BCUT2D eigenvalue weighted by atomic mass is 16.2. The van der Waals surface area contributed by atoms with E-state index in [0.29, 0.717) is 24.2 Å². The smallest absolute Gasteiger partial charge is 0.270 e. The van der Waals surface area contributed by atoms with Gasteiger partial charge in [-0.1, -0.05) is 0 Å². The summed E-state index contributed by atoms with van der Waals surface area (Å²) >= 11 is 0. The number of hydrogen-bond acceptors (Lipinski definition) is 2. The highest BCUT2D eigenvalue weighted by Crippen LogP contribution is 2.30. The third-order valence-corrected chi connectivity index (χ3v) is 4.87. The second-order valence-corrected chi connectivity index (χ2v) is 6.57. The van der Waals surface area contributed by atoms with Gasteiger partial charge in [0.25, 0.3) is 5.91 Å². The van der Waals surface area contributed by atoms with Crippen LogP contribution in [0.4, 0.5) is 0 Å². The van der Waals surface area contributed by atoms with Crippen molar-refractivity contribution in [2.45, 2.75) is 63.7 Å². The SMILES string of the molecule is CC(C)n1cccc1C(=O)N(C)C1CC2CCC(C1)N2. The maximum Gasteiger partial charge on any atom is 0.270 e. The van der Waals surface area contributed by atoms with Crippen LogP contribution in [0.15, 0.2) is 18.3 Å². The van der Waals surface area contributed by atoms with Crippen LogP contribution in [0.5, 0.6) is 0 Å². The van der Waals surface area contributed by atoms with Crippen molar-refractivity contribution in [2.24, 2.45) is 0 Å². The lowest BCUT2D eigenvalue weighted by Gasteiger charge is -2.35. The summed E-state index contributed by atoms with van der Waals surface area (Å²) in [6, 6.07) is 5.84. The van der Waals surface area contributed by atoms with E-state index < -0.39 is 0 Å². The number of nitrogens with one attached hydrogen (secondary N) is 1. The normalized spacial score (nSPS) is 28.9. The van der Waals surface area contributed by atoms with Gasteiger partial charge in [0, 0.05) is 37.4 Å². The Kier molecular flexibility index (Phi) is 3.59. The predicted molar refractivity (Wildman–Crippen MR) is 79.9 cm³/mol. The fraction of sp³-hybridized carbons (Fsp3) is 0.688. The number of carbonyl (C=O) groups excluding carboxylic acids is 1. The molecule has 2 saturated heterocycles. The molecule has 1 N–H and O–H groups in total. The molecule has 2 aliphatic rings. The Morgan fingerprint density at radius 3 is 2.60 bits per heavy atom. The zero-order valence-corrected chi connectivity index (χ0v) is 12.7. The predicted octanol–water partition coefficient (Wildman–Crippen LogP) is 2.42. The third-order valence-electron chi connectivity index (χ3n) is 4.87. The topological polar surface area (TPSA) is 37.3 Å². The molecule has 4 nitrogen and oxygen atoms in total. The van der Waals surface area contributed by atoms with Crippen LogP contribution in [0.2, 0.25) is 0 Å². The average Bonchev–Trinajstić information content (AvgIpc) is 3.03. The summed E-state index contributed by atoms with van der Waals surface area (Å²) in [5.41, 5.74) is 0.813. The molecule has 2 fully saturated rings. The maximum atomic E-state index is 12.7. The van der Waals surface area contributed by atoms with Gasteiger partial charge in [0.1, 0.15) is 5.69 Å². The molecule has 1 aromatic heterocycles. The lowest BCUT2D eigenvalue weighted by Crippen LogP contribution is -2.49. The second kappa shape index (κ2) is 5.24. The van der Waals surface area contributed by atoms with Crippen LogP contribution in [0, 0.1) is 0 Å². The third kappa shape index (κ3) is 2.37. The van der Waals surface area contributed by atoms with Crippen LogP contribution >= 0.6 is 0 Å². The maximum absolute atomic E-state index is 12.7. The minimum atomic E-state index is 0.162. The zero-order valence-electron chi connectivity index (χ0n) is 12.7.